The van der Waals surface area contributed by atoms with Crippen molar-refractivity contribution in [3.63, 3.8) is 0 Å². The molecule has 1 fully saturated rings. The molecule has 26 heavy (non-hydrogen) atoms. The highest BCUT2D eigenvalue weighted by molar-refractivity contribution is 5.90. The number of rotatable bonds is 5. The van der Waals surface area contributed by atoms with Crippen LogP contribution in [-0.2, 0) is 14.2 Å². The van der Waals surface area contributed by atoms with E-state index in [-0.39, 0.29) is 0 Å². The van der Waals surface area contributed by atoms with Gasteiger partial charge in [0.1, 0.15) is 6.10 Å². The van der Waals surface area contributed by atoms with Gasteiger partial charge < -0.3 is 19.3 Å². The van der Waals surface area contributed by atoms with Crippen molar-refractivity contribution < 1.29 is 28.9 Å². The molecule has 0 bridgehead atoms. The fourth-order valence-electron chi connectivity index (χ4n) is 2.79. The molecule has 6 heteroatoms. The van der Waals surface area contributed by atoms with Crippen molar-refractivity contribution in [3.05, 3.63) is 71.8 Å². The maximum Gasteiger partial charge on any atom is 0.340 e. The summed E-state index contributed by atoms with van der Waals surface area (Å²) in [4.78, 5) is 24.4. The van der Waals surface area contributed by atoms with Crippen LogP contribution >= 0.6 is 0 Å². The number of aliphatic hydroxyl groups is 1. The molecule has 6 nitrogen and oxygen atoms in total. The van der Waals surface area contributed by atoms with E-state index in [1.807, 2.05) is 6.92 Å². The largest absolute Gasteiger partial charge is 0.453 e. The third-order valence-electron chi connectivity index (χ3n) is 4.18. The molecule has 0 saturated carbocycles. The molecule has 0 amide bonds. The number of esters is 2. The van der Waals surface area contributed by atoms with Crippen LogP contribution in [0.4, 0.5) is 0 Å². The summed E-state index contributed by atoms with van der Waals surface area (Å²) in [5, 5.41) is 10.5. The van der Waals surface area contributed by atoms with Gasteiger partial charge in [0.05, 0.1) is 11.1 Å². The van der Waals surface area contributed by atoms with E-state index in [1.165, 1.54) is 0 Å². The summed E-state index contributed by atoms with van der Waals surface area (Å²) in [6, 6.07) is 16.9. The number of carbonyl (C=O) groups excluding carboxylic acids is 2. The van der Waals surface area contributed by atoms with Crippen LogP contribution in [0.3, 0.4) is 0 Å². The normalized spacial score (nSPS) is 24.8. The van der Waals surface area contributed by atoms with E-state index in [4.69, 9.17) is 14.2 Å². The van der Waals surface area contributed by atoms with E-state index >= 15 is 0 Å². The predicted molar refractivity (Wildman–Crippen MR) is 92.5 cm³/mol. The molecule has 1 saturated heterocycles. The minimum atomic E-state index is -1.26. The topological polar surface area (TPSA) is 82.1 Å². The second-order valence-corrected chi connectivity index (χ2v) is 5.95. The van der Waals surface area contributed by atoms with Crippen LogP contribution in [0.15, 0.2) is 60.7 Å². The fraction of sp³-hybridized carbons (Fsp3) is 0.300. The molecule has 1 aliphatic heterocycles. The van der Waals surface area contributed by atoms with E-state index in [0.717, 1.165) is 0 Å². The Morgan fingerprint density at radius 3 is 1.92 bits per heavy atom. The smallest absolute Gasteiger partial charge is 0.340 e. The van der Waals surface area contributed by atoms with Crippen LogP contribution in [-0.4, -0.2) is 41.6 Å². The Kier molecular flexibility index (Phi) is 5.65. The fourth-order valence-corrected chi connectivity index (χ4v) is 2.79. The number of ether oxygens (including phenoxy) is 3. The first-order chi connectivity index (χ1) is 12.6. The van der Waals surface area contributed by atoms with Crippen molar-refractivity contribution in [1.29, 1.82) is 0 Å². The summed E-state index contributed by atoms with van der Waals surface area (Å²) < 4.78 is 16.3. The lowest BCUT2D eigenvalue weighted by molar-refractivity contribution is -0.134. The van der Waals surface area contributed by atoms with E-state index in [0.29, 0.717) is 17.5 Å². The Morgan fingerprint density at radius 1 is 0.923 bits per heavy atom. The zero-order valence-corrected chi connectivity index (χ0v) is 14.3. The lowest BCUT2D eigenvalue weighted by Crippen LogP contribution is -2.38. The molecule has 0 aliphatic carbocycles. The Bertz CT molecular complexity index is 745. The minimum Gasteiger partial charge on any atom is -0.453 e. The number of aliphatic hydroxyl groups excluding tert-OH is 1. The summed E-state index contributed by atoms with van der Waals surface area (Å²) in [6.07, 6.45) is -3.45. The second kappa shape index (κ2) is 8.12. The Balaban J connectivity index is 1.67. The van der Waals surface area contributed by atoms with Gasteiger partial charge in [-0.1, -0.05) is 43.3 Å². The number of carbonyl (C=O) groups is 2. The molecule has 1 heterocycles. The summed E-state index contributed by atoms with van der Waals surface area (Å²) >= 11 is 0. The minimum absolute atomic E-state index is 0.348. The van der Waals surface area contributed by atoms with Gasteiger partial charge in [-0.3, -0.25) is 0 Å². The first kappa shape index (κ1) is 18.1. The first-order valence-electron chi connectivity index (χ1n) is 8.45. The molecule has 1 unspecified atom stereocenters. The summed E-state index contributed by atoms with van der Waals surface area (Å²) in [7, 11) is 0. The molecule has 0 spiro atoms. The van der Waals surface area contributed by atoms with Crippen LogP contribution in [0, 0.1) is 0 Å². The van der Waals surface area contributed by atoms with Crippen molar-refractivity contribution in [1.82, 2.24) is 0 Å². The highest BCUT2D eigenvalue weighted by atomic mass is 16.7. The van der Waals surface area contributed by atoms with Crippen LogP contribution in [0.25, 0.3) is 0 Å². The Morgan fingerprint density at radius 2 is 1.42 bits per heavy atom. The lowest BCUT2D eigenvalue weighted by atomic mass is 10.1. The second-order valence-electron chi connectivity index (χ2n) is 5.95. The first-order valence-corrected chi connectivity index (χ1v) is 8.45. The lowest BCUT2D eigenvalue weighted by Gasteiger charge is -2.19. The summed E-state index contributed by atoms with van der Waals surface area (Å²) in [5.74, 6) is -1.17. The van der Waals surface area contributed by atoms with Gasteiger partial charge in [-0.25, -0.2) is 9.59 Å². The molecular formula is C20H20O6. The van der Waals surface area contributed by atoms with Crippen molar-refractivity contribution >= 4 is 11.9 Å². The van der Waals surface area contributed by atoms with Gasteiger partial charge in [-0.2, -0.15) is 0 Å². The molecule has 0 radical (unpaired) electrons. The van der Waals surface area contributed by atoms with Gasteiger partial charge in [-0.05, 0) is 30.7 Å². The quantitative estimate of drug-likeness (QED) is 0.829. The molecule has 2 aromatic rings. The Labute approximate surface area is 151 Å². The number of benzene rings is 2. The number of hydrogen-bond donors (Lipinski definition) is 1. The molecule has 136 valence electrons. The third kappa shape index (κ3) is 3.92. The average molecular weight is 356 g/mol. The summed E-state index contributed by atoms with van der Waals surface area (Å²) in [5.41, 5.74) is 0.723. The zero-order chi connectivity index (χ0) is 18.5. The maximum atomic E-state index is 12.3. The standard InChI is InChI=1S/C20H20O6/c1-2-15-17(25-18(22)13-9-5-3-6-10-13)16(21)20(24-15)26-19(23)14-11-7-4-8-12-14/h3-12,15-17,20-21H,2H2,1H3/t15-,16+,17?,20+/m1/s1. The SMILES string of the molecule is CC[C@H]1O[C@@H](OC(=O)c2ccccc2)[C@@H](O)C1OC(=O)c1ccccc1. The van der Waals surface area contributed by atoms with Gasteiger partial charge in [-0.15, -0.1) is 0 Å². The highest BCUT2D eigenvalue weighted by Gasteiger charge is 2.47. The maximum absolute atomic E-state index is 12.3. The Hall–Kier alpha value is -2.70. The van der Waals surface area contributed by atoms with Gasteiger partial charge in [0, 0.05) is 0 Å². The number of hydrogen-bond acceptors (Lipinski definition) is 6. The molecule has 0 aromatic heterocycles. The van der Waals surface area contributed by atoms with Crippen molar-refractivity contribution in [2.75, 3.05) is 0 Å². The molecule has 2 aromatic carbocycles. The van der Waals surface area contributed by atoms with Crippen LogP contribution in [0.5, 0.6) is 0 Å². The molecule has 3 rings (SSSR count). The summed E-state index contributed by atoms with van der Waals surface area (Å²) in [6.45, 7) is 1.84. The highest BCUT2D eigenvalue weighted by Crippen LogP contribution is 2.28. The molecule has 4 atom stereocenters. The van der Waals surface area contributed by atoms with Gasteiger partial charge in [0.2, 0.25) is 6.29 Å². The van der Waals surface area contributed by atoms with Crippen molar-refractivity contribution in [2.24, 2.45) is 0 Å². The predicted octanol–water partition coefficient (Wildman–Crippen LogP) is 2.56. The van der Waals surface area contributed by atoms with E-state index < -0.39 is 36.5 Å². The van der Waals surface area contributed by atoms with Crippen LogP contribution < -0.4 is 0 Å². The van der Waals surface area contributed by atoms with Gasteiger partial charge in [0.15, 0.2) is 12.2 Å². The zero-order valence-electron chi connectivity index (χ0n) is 14.3. The third-order valence-corrected chi connectivity index (χ3v) is 4.18. The van der Waals surface area contributed by atoms with Crippen LogP contribution in [0.2, 0.25) is 0 Å². The van der Waals surface area contributed by atoms with E-state index in [2.05, 4.69) is 0 Å². The van der Waals surface area contributed by atoms with E-state index in [1.54, 1.807) is 60.7 Å². The monoisotopic (exact) mass is 356 g/mol. The van der Waals surface area contributed by atoms with Gasteiger partial charge in [0.25, 0.3) is 0 Å². The van der Waals surface area contributed by atoms with Crippen LogP contribution in [0.1, 0.15) is 34.1 Å². The molecule has 1 aliphatic rings. The van der Waals surface area contributed by atoms with E-state index in [9.17, 15) is 14.7 Å². The van der Waals surface area contributed by atoms with Crippen molar-refractivity contribution in [3.8, 4) is 0 Å². The molecule has 1 N–H and O–H groups in total. The average Bonchev–Trinajstić information content (AvgIpc) is 2.98. The van der Waals surface area contributed by atoms with Crippen molar-refractivity contribution in [2.45, 2.75) is 37.9 Å². The molecular weight excluding hydrogens is 336 g/mol. The van der Waals surface area contributed by atoms with Gasteiger partial charge >= 0.3 is 11.9 Å².